The van der Waals surface area contributed by atoms with Gasteiger partial charge in [-0.3, -0.25) is 10.1 Å². The normalized spacial score (nSPS) is 10.4. The van der Waals surface area contributed by atoms with E-state index in [1.54, 1.807) is 6.20 Å². The Hall–Kier alpha value is -2.18. The number of nitro benzene ring substituents is 1. The molecule has 0 radical (unpaired) electrons. The molecule has 0 aliphatic rings. The van der Waals surface area contributed by atoms with Gasteiger partial charge in [-0.1, -0.05) is 24.6 Å². The van der Waals surface area contributed by atoms with E-state index >= 15 is 0 Å². The molecule has 0 aliphatic carbocycles. The number of halogens is 1. The summed E-state index contributed by atoms with van der Waals surface area (Å²) in [6.45, 7) is 3.45. The molecule has 0 saturated heterocycles. The van der Waals surface area contributed by atoms with E-state index in [0.717, 1.165) is 12.1 Å². The van der Waals surface area contributed by atoms with Crippen molar-refractivity contribution in [2.45, 2.75) is 13.5 Å². The third-order valence-electron chi connectivity index (χ3n) is 2.75. The van der Waals surface area contributed by atoms with E-state index in [0.29, 0.717) is 18.2 Å². The summed E-state index contributed by atoms with van der Waals surface area (Å²) in [5.74, 6) is 0.757. The fraction of sp³-hybridized carbons (Fsp3) is 0.214. The van der Waals surface area contributed by atoms with Crippen molar-refractivity contribution >= 4 is 17.3 Å². The number of non-ortho nitro benzene ring substituents is 1. The first-order valence-corrected chi connectivity index (χ1v) is 6.76. The number of hydrogen-bond acceptors (Lipinski definition) is 5. The van der Waals surface area contributed by atoms with Crippen LogP contribution in [0.1, 0.15) is 12.5 Å². The van der Waals surface area contributed by atoms with Crippen molar-refractivity contribution in [2.24, 2.45) is 0 Å². The van der Waals surface area contributed by atoms with E-state index in [-0.39, 0.29) is 10.7 Å². The van der Waals surface area contributed by atoms with Crippen LogP contribution in [0.25, 0.3) is 0 Å². The van der Waals surface area contributed by atoms with Crippen LogP contribution in [-0.2, 0) is 6.54 Å². The number of benzene rings is 1. The zero-order valence-electron chi connectivity index (χ0n) is 11.4. The van der Waals surface area contributed by atoms with E-state index in [1.807, 2.05) is 19.1 Å². The molecule has 110 valence electrons. The van der Waals surface area contributed by atoms with Crippen LogP contribution < -0.4 is 10.1 Å². The summed E-state index contributed by atoms with van der Waals surface area (Å²) in [5.41, 5.74) is 0.801. The molecule has 1 heterocycles. The molecule has 21 heavy (non-hydrogen) atoms. The van der Waals surface area contributed by atoms with Crippen molar-refractivity contribution in [3.8, 4) is 11.6 Å². The third kappa shape index (κ3) is 3.90. The molecule has 0 spiro atoms. The summed E-state index contributed by atoms with van der Waals surface area (Å²) >= 11 is 6.01. The van der Waals surface area contributed by atoms with Crippen molar-refractivity contribution in [2.75, 3.05) is 6.54 Å². The summed E-state index contributed by atoms with van der Waals surface area (Å²) in [4.78, 5) is 14.3. The zero-order chi connectivity index (χ0) is 15.2. The molecule has 7 heteroatoms. The van der Waals surface area contributed by atoms with Crippen LogP contribution in [0, 0.1) is 10.1 Å². The van der Waals surface area contributed by atoms with Crippen molar-refractivity contribution in [3.05, 3.63) is 57.2 Å². The number of rotatable bonds is 6. The van der Waals surface area contributed by atoms with E-state index in [1.165, 1.54) is 18.2 Å². The average molecular weight is 308 g/mol. The van der Waals surface area contributed by atoms with Gasteiger partial charge in [-0.15, -0.1) is 0 Å². The highest BCUT2D eigenvalue weighted by molar-refractivity contribution is 6.32. The van der Waals surface area contributed by atoms with Crippen LogP contribution in [0.2, 0.25) is 5.02 Å². The molecular formula is C14H14ClN3O3. The van der Waals surface area contributed by atoms with Crippen LogP contribution in [0.15, 0.2) is 36.5 Å². The van der Waals surface area contributed by atoms with Gasteiger partial charge in [0.05, 0.1) is 9.95 Å². The Morgan fingerprint density at radius 3 is 2.90 bits per heavy atom. The molecule has 0 bridgehead atoms. The molecule has 1 aromatic carbocycles. The maximum atomic E-state index is 10.7. The number of nitrogens with zero attached hydrogens (tertiary/aromatic N) is 2. The summed E-state index contributed by atoms with van der Waals surface area (Å²) in [7, 11) is 0. The zero-order valence-corrected chi connectivity index (χ0v) is 12.1. The van der Waals surface area contributed by atoms with Gasteiger partial charge in [0.1, 0.15) is 5.75 Å². The minimum atomic E-state index is -0.507. The van der Waals surface area contributed by atoms with Crippen LogP contribution in [0.4, 0.5) is 5.69 Å². The Kier molecular flexibility index (Phi) is 5.08. The molecule has 1 aromatic heterocycles. The minimum Gasteiger partial charge on any atom is -0.437 e. The fourth-order valence-electron chi connectivity index (χ4n) is 1.70. The second-order valence-corrected chi connectivity index (χ2v) is 4.63. The van der Waals surface area contributed by atoms with Gasteiger partial charge in [0.25, 0.3) is 5.69 Å². The third-order valence-corrected chi connectivity index (χ3v) is 3.04. The lowest BCUT2D eigenvalue weighted by Crippen LogP contribution is -2.12. The van der Waals surface area contributed by atoms with Crippen molar-refractivity contribution < 1.29 is 9.66 Å². The van der Waals surface area contributed by atoms with Crippen molar-refractivity contribution in [1.29, 1.82) is 0 Å². The van der Waals surface area contributed by atoms with Gasteiger partial charge >= 0.3 is 0 Å². The first-order chi connectivity index (χ1) is 10.1. The van der Waals surface area contributed by atoms with Crippen LogP contribution >= 0.6 is 11.6 Å². The Bertz CT molecular complexity index is 649. The van der Waals surface area contributed by atoms with Crippen molar-refractivity contribution in [3.63, 3.8) is 0 Å². The number of hydrogen-bond donors (Lipinski definition) is 1. The lowest BCUT2D eigenvalue weighted by molar-refractivity contribution is -0.384. The molecule has 1 N–H and O–H groups in total. The first-order valence-electron chi connectivity index (χ1n) is 6.38. The summed E-state index contributed by atoms with van der Waals surface area (Å²) in [6.07, 6.45) is 1.62. The number of nitrogens with one attached hydrogen (secondary N) is 1. The fourth-order valence-corrected chi connectivity index (χ4v) is 1.91. The summed E-state index contributed by atoms with van der Waals surface area (Å²) in [5, 5.41) is 14.0. The van der Waals surface area contributed by atoms with E-state index in [4.69, 9.17) is 16.3 Å². The van der Waals surface area contributed by atoms with Gasteiger partial charge in [-0.25, -0.2) is 4.98 Å². The van der Waals surface area contributed by atoms with Crippen LogP contribution in [-0.4, -0.2) is 16.5 Å². The average Bonchev–Trinajstić information content (AvgIpc) is 2.48. The van der Waals surface area contributed by atoms with Crippen LogP contribution in [0.5, 0.6) is 11.6 Å². The SMILES string of the molecule is CCNCc1cccnc1Oc1ccc([N+](=O)[O-])cc1Cl. The Labute approximate surface area is 126 Å². The standard InChI is InChI=1S/C14H14ClN3O3/c1-2-16-9-10-4-3-7-17-14(10)21-13-6-5-11(18(19)20)8-12(13)15/h3-8,16H,2,9H2,1H3. The number of aromatic nitrogens is 1. The highest BCUT2D eigenvalue weighted by Crippen LogP contribution is 2.32. The molecule has 2 rings (SSSR count). The molecule has 6 nitrogen and oxygen atoms in total. The largest absolute Gasteiger partial charge is 0.437 e. The summed E-state index contributed by atoms with van der Waals surface area (Å²) in [6, 6.07) is 7.77. The van der Waals surface area contributed by atoms with Gasteiger partial charge in [0.2, 0.25) is 5.88 Å². The van der Waals surface area contributed by atoms with Gasteiger partial charge in [-0.05, 0) is 18.7 Å². The van der Waals surface area contributed by atoms with Gasteiger partial charge < -0.3 is 10.1 Å². The van der Waals surface area contributed by atoms with E-state index in [2.05, 4.69) is 10.3 Å². The monoisotopic (exact) mass is 307 g/mol. The molecule has 2 aromatic rings. The predicted molar refractivity (Wildman–Crippen MR) is 79.8 cm³/mol. The maximum absolute atomic E-state index is 10.7. The van der Waals surface area contributed by atoms with Crippen LogP contribution in [0.3, 0.4) is 0 Å². The molecule has 0 unspecified atom stereocenters. The quantitative estimate of drug-likeness (QED) is 0.652. The Balaban J connectivity index is 2.24. The molecule has 0 saturated carbocycles. The summed E-state index contributed by atoms with van der Waals surface area (Å²) < 4.78 is 5.67. The topological polar surface area (TPSA) is 77.3 Å². The molecular weight excluding hydrogens is 294 g/mol. The molecule has 0 atom stereocenters. The Morgan fingerprint density at radius 1 is 1.43 bits per heavy atom. The molecule has 0 amide bonds. The minimum absolute atomic E-state index is 0.0822. The van der Waals surface area contributed by atoms with Crippen molar-refractivity contribution in [1.82, 2.24) is 10.3 Å². The molecule has 0 fully saturated rings. The van der Waals surface area contributed by atoms with Gasteiger partial charge in [0.15, 0.2) is 0 Å². The highest BCUT2D eigenvalue weighted by atomic mass is 35.5. The lowest BCUT2D eigenvalue weighted by Gasteiger charge is -2.11. The second-order valence-electron chi connectivity index (χ2n) is 4.22. The lowest BCUT2D eigenvalue weighted by atomic mass is 10.2. The first kappa shape index (κ1) is 15.2. The molecule has 0 aliphatic heterocycles. The number of pyridine rings is 1. The van der Waals surface area contributed by atoms with E-state index in [9.17, 15) is 10.1 Å². The number of ether oxygens (including phenoxy) is 1. The smallest absolute Gasteiger partial charge is 0.271 e. The van der Waals surface area contributed by atoms with Gasteiger partial charge in [0, 0.05) is 30.4 Å². The second kappa shape index (κ2) is 7.01. The highest BCUT2D eigenvalue weighted by Gasteiger charge is 2.13. The maximum Gasteiger partial charge on any atom is 0.271 e. The van der Waals surface area contributed by atoms with Gasteiger partial charge in [-0.2, -0.15) is 0 Å². The Morgan fingerprint density at radius 2 is 2.24 bits per heavy atom. The number of nitro groups is 1. The van der Waals surface area contributed by atoms with E-state index < -0.39 is 4.92 Å². The predicted octanol–water partition coefficient (Wildman–Crippen LogP) is 3.55.